The van der Waals surface area contributed by atoms with Crippen LogP contribution in [0.1, 0.15) is 61.8 Å². The third-order valence-corrected chi connectivity index (χ3v) is 17.9. The number of hydrogen-bond donors (Lipinski definition) is 0. The standard InChI is InChI=1S/C32H27.C2H7Si.2ClH.Zr/c1-4-22-18-30-26(29-17-20(2)15-16-21(29)3)12-8-14-27(30)32(22)28-13-7-11-25-24-10-6-5-9-23(24)19-31(25)28;1-3-2;;;/h5-19,32H,4H2,1-3H3;3H,1-2H3;2*1H;/q;;;;+2/p-2. The maximum absolute atomic E-state index is 2.58. The Kier molecular flexibility index (Phi) is 9.10. The van der Waals surface area contributed by atoms with Crippen LogP contribution >= 0.6 is 0 Å². The van der Waals surface area contributed by atoms with Crippen LogP contribution in [0.15, 0.2) is 84.4 Å². The molecule has 4 heteroatoms. The molecule has 0 aliphatic heterocycles. The molecule has 0 aromatic heterocycles. The molecule has 2 atom stereocenters. The van der Waals surface area contributed by atoms with E-state index in [-0.39, 0.29) is 24.8 Å². The van der Waals surface area contributed by atoms with Crippen LogP contribution in [0, 0.1) is 13.8 Å². The molecule has 0 bridgehead atoms. The van der Waals surface area contributed by atoms with E-state index < -0.39 is 28.3 Å². The van der Waals surface area contributed by atoms with Gasteiger partial charge in [-0.2, -0.15) is 0 Å². The number of benzene rings is 4. The van der Waals surface area contributed by atoms with E-state index in [4.69, 9.17) is 0 Å². The van der Waals surface area contributed by atoms with Crippen molar-refractivity contribution in [3.8, 4) is 22.3 Å². The van der Waals surface area contributed by atoms with Gasteiger partial charge in [0.15, 0.2) is 0 Å². The number of fused-ring (bicyclic) bond motifs is 4. The van der Waals surface area contributed by atoms with E-state index in [9.17, 15) is 0 Å². The quantitative estimate of drug-likeness (QED) is 0.297. The van der Waals surface area contributed by atoms with Crippen molar-refractivity contribution >= 4 is 12.0 Å². The Balaban J connectivity index is 0.00000168. The number of rotatable bonds is 5. The fraction of sp³-hybridized carbons (Fsp3) is 0.235. The van der Waals surface area contributed by atoms with Crippen molar-refractivity contribution in [2.45, 2.75) is 49.8 Å². The van der Waals surface area contributed by atoms with E-state index in [1.165, 1.54) is 44.5 Å². The second-order valence-electron chi connectivity index (χ2n) is 10.8. The zero-order valence-electron chi connectivity index (χ0n) is 22.8. The minimum atomic E-state index is -0.590. The number of allylic oxidation sites excluding steroid dienone is 1. The normalized spacial score (nSPS) is 16.5. The van der Waals surface area contributed by atoms with E-state index in [1.54, 1.807) is 22.3 Å². The fourth-order valence-electron chi connectivity index (χ4n) is 6.45. The molecular weight excluding hydrogens is 599 g/mol. The summed E-state index contributed by atoms with van der Waals surface area (Å²) < 4.78 is 0.701. The van der Waals surface area contributed by atoms with Crippen LogP contribution in [0.25, 0.3) is 28.3 Å². The second kappa shape index (κ2) is 11.8. The van der Waals surface area contributed by atoms with Gasteiger partial charge < -0.3 is 24.8 Å². The Morgan fingerprint density at radius 1 is 0.711 bits per heavy atom. The topological polar surface area (TPSA) is 0 Å². The maximum Gasteiger partial charge on any atom is -1.00 e. The van der Waals surface area contributed by atoms with Crippen LogP contribution in [0.2, 0.25) is 13.1 Å². The van der Waals surface area contributed by atoms with Gasteiger partial charge in [0.05, 0.1) is 0 Å². The first-order valence-corrected chi connectivity index (χ1v) is 21.9. The third-order valence-electron chi connectivity index (χ3n) is 8.04. The van der Waals surface area contributed by atoms with Crippen molar-refractivity contribution in [3.05, 3.63) is 123 Å². The average Bonchev–Trinajstić information content (AvgIpc) is 3.41. The largest absolute Gasteiger partial charge is 1.00 e. The van der Waals surface area contributed by atoms with E-state index in [1.807, 2.05) is 0 Å². The molecule has 0 amide bonds. The minimum Gasteiger partial charge on any atom is -1.00 e. The molecular formula is C34H34Cl2SiZr. The van der Waals surface area contributed by atoms with Gasteiger partial charge in [0.2, 0.25) is 0 Å². The number of hydrogen-bond acceptors (Lipinski definition) is 0. The summed E-state index contributed by atoms with van der Waals surface area (Å²) in [5.74, 6) is -0.220. The number of halogens is 2. The Morgan fingerprint density at radius 3 is 2.11 bits per heavy atom. The second-order valence-corrected chi connectivity index (χ2v) is 25.8. The van der Waals surface area contributed by atoms with E-state index in [0.717, 1.165) is 6.42 Å². The Morgan fingerprint density at radius 2 is 1.37 bits per heavy atom. The van der Waals surface area contributed by atoms with Gasteiger partial charge in [0.1, 0.15) is 0 Å². The molecule has 2 unspecified atom stereocenters. The van der Waals surface area contributed by atoms with Gasteiger partial charge in [-0.3, -0.25) is 0 Å². The Labute approximate surface area is 252 Å². The summed E-state index contributed by atoms with van der Waals surface area (Å²) in [6.45, 7) is 12.0. The van der Waals surface area contributed by atoms with Crippen LogP contribution < -0.4 is 24.8 Å². The summed E-state index contributed by atoms with van der Waals surface area (Å²) in [5.41, 5.74) is 17.9. The zero-order valence-corrected chi connectivity index (χ0v) is 27.9. The number of aryl methyl sites for hydroxylation is 2. The van der Waals surface area contributed by atoms with Crippen molar-refractivity contribution in [3.63, 3.8) is 0 Å². The minimum absolute atomic E-state index is 0. The van der Waals surface area contributed by atoms with E-state index in [0.29, 0.717) is 9.54 Å². The molecule has 2 aliphatic rings. The molecule has 4 aromatic carbocycles. The van der Waals surface area contributed by atoms with Gasteiger partial charge in [0.25, 0.3) is 0 Å². The molecule has 0 nitrogen and oxygen atoms in total. The predicted octanol–water partition coefficient (Wildman–Crippen LogP) is 3.05. The molecule has 0 heterocycles. The summed E-state index contributed by atoms with van der Waals surface area (Å²) in [6, 6.07) is 30.4. The summed E-state index contributed by atoms with van der Waals surface area (Å²) in [6.07, 6.45) is 3.62. The molecule has 192 valence electrons. The molecule has 6 rings (SSSR count). The van der Waals surface area contributed by atoms with Crippen molar-refractivity contribution < 1.29 is 47.2 Å². The summed E-state index contributed by atoms with van der Waals surface area (Å²) >= 11 is -0.520. The summed E-state index contributed by atoms with van der Waals surface area (Å²) in [7, 11) is 0. The first kappa shape index (κ1) is 29.3. The summed E-state index contributed by atoms with van der Waals surface area (Å²) in [4.78, 5) is 0. The zero-order chi connectivity index (χ0) is 25.0. The van der Waals surface area contributed by atoms with Gasteiger partial charge in [-0.15, -0.1) is 0 Å². The molecule has 0 spiro atoms. The smallest absolute Gasteiger partial charge is 1.00 e. The SMILES string of the molecule is CCC1=Cc2c(-c3cc(C)ccc3C)cccc2C1c1cccc2c1[CH]([Zr+2][SiH](C)C)c1ccccc1-2.[Cl-].[Cl-]. The predicted molar refractivity (Wildman–Crippen MR) is 154 cm³/mol. The van der Waals surface area contributed by atoms with Gasteiger partial charge in [-0.1, -0.05) is 0 Å². The molecule has 0 N–H and O–H groups in total. The molecule has 0 fully saturated rings. The van der Waals surface area contributed by atoms with Crippen molar-refractivity contribution in [2.24, 2.45) is 0 Å². The van der Waals surface area contributed by atoms with Crippen LogP contribution in [-0.4, -0.2) is 5.92 Å². The van der Waals surface area contributed by atoms with Crippen molar-refractivity contribution in [2.75, 3.05) is 0 Å². The first-order valence-electron chi connectivity index (χ1n) is 13.4. The molecule has 38 heavy (non-hydrogen) atoms. The monoisotopic (exact) mass is 630 g/mol. The fourth-order valence-corrected chi connectivity index (χ4v) is 16.3. The van der Waals surface area contributed by atoms with E-state index in [2.05, 4.69) is 119 Å². The molecule has 0 saturated carbocycles. The van der Waals surface area contributed by atoms with Crippen LogP contribution in [0.5, 0.6) is 0 Å². The molecule has 0 saturated heterocycles. The van der Waals surface area contributed by atoms with E-state index >= 15 is 0 Å². The van der Waals surface area contributed by atoms with Gasteiger partial charge >= 0.3 is 230 Å². The van der Waals surface area contributed by atoms with Crippen molar-refractivity contribution in [1.29, 1.82) is 0 Å². The van der Waals surface area contributed by atoms with Crippen LogP contribution in [0.3, 0.4) is 0 Å². The van der Waals surface area contributed by atoms with Gasteiger partial charge in [-0.25, -0.2) is 0 Å². The molecule has 2 aliphatic carbocycles. The van der Waals surface area contributed by atoms with Crippen molar-refractivity contribution in [1.82, 2.24) is 0 Å². The van der Waals surface area contributed by atoms with Crippen LogP contribution in [-0.2, 0) is 22.4 Å². The van der Waals surface area contributed by atoms with Crippen LogP contribution in [0.4, 0.5) is 0 Å². The first-order chi connectivity index (χ1) is 17.5. The average molecular weight is 633 g/mol. The Bertz CT molecular complexity index is 1520. The van der Waals surface area contributed by atoms with Gasteiger partial charge in [-0.05, 0) is 0 Å². The molecule has 0 radical (unpaired) electrons. The van der Waals surface area contributed by atoms with Gasteiger partial charge in [0, 0.05) is 0 Å². The summed E-state index contributed by atoms with van der Waals surface area (Å²) in [5, 5.41) is 0. The Hall–Kier alpha value is -1.70. The maximum atomic E-state index is 2.58. The molecule has 4 aromatic rings. The third kappa shape index (κ3) is 4.88.